The molecule has 0 unspecified atom stereocenters. The second-order valence-corrected chi connectivity index (χ2v) is 4.68. The molecule has 0 aliphatic heterocycles. The fourth-order valence-electron chi connectivity index (χ4n) is 2.36. The standard InChI is InChI=1S/C14H12N2O4/c1-3-4-16-13(19)9-5-7-8(6-10(9)14(16)20)12(18)15(2)11(7)17/h5-6H,3-4H2,1-2H3/i5D,6D. The highest BCUT2D eigenvalue weighted by atomic mass is 16.2. The summed E-state index contributed by atoms with van der Waals surface area (Å²) in [5, 5.41) is -1.04. The summed E-state index contributed by atoms with van der Waals surface area (Å²) in [6, 6.07) is -0.888. The number of rotatable bonds is 2. The number of hydrogen-bond donors (Lipinski definition) is 0. The van der Waals surface area contributed by atoms with Gasteiger partial charge >= 0.3 is 0 Å². The van der Waals surface area contributed by atoms with E-state index < -0.39 is 34.3 Å². The molecule has 0 saturated heterocycles. The highest BCUT2D eigenvalue weighted by molar-refractivity contribution is 5.97. The Balaban J connectivity index is 2.76. The molecule has 2 heterocycles. The van der Waals surface area contributed by atoms with Gasteiger partial charge in [0.25, 0.3) is 22.2 Å². The molecule has 0 fully saturated rings. The number of aromatic nitrogens is 2. The Labute approximate surface area is 115 Å². The van der Waals surface area contributed by atoms with Gasteiger partial charge in [0, 0.05) is 13.6 Å². The predicted molar refractivity (Wildman–Crippen MR) is 76.2 cm³/mol. The lowest BCUT2D eigenvalue weighted by molar-refractivity contribution is 0.650. The van der Waals surface area contributed by atoms with Crippen LogP contribution in [0.25, 0.3) is 21.5 Å². The fraction of sp³-hybridized carbons (Fsp3) is 0.286. The van der Waals surface area contributed by atoms with Gasteiger partial charge in [-0.3, -0.25) is 28.3 Å². The summed E-state index contributed by atoms with van der Waals surface area (Å²) in [6.07, 6.45) is 0.534. The zero-order chi connectivity index (χ0) is 16.3. The third-order valence-corrected chi connectivity index (χ3v) is 3.40. The van der Waals surface area contributed by atoms with Crippen LogP contribution in [0.5, 0.6) is 0 Å². The van der Waals surface area contributed by atoms with Gasteiger partial charge in [0.2, 0.25) is 0 Å². The summed E-state index contributed by atoms with van der Waals surface area (Å²) in [6.45, 7) is 1.95. The Morgan fingerprint density at radius 3 is 1.70 bits per heavy atom. The second kappa shape index (κ2) is 4.00. The van der Waals surface area contributed by atoms with Crippen LogP contribution in [0.15, 0.2) is 31.3 Å². The zero-order valence-electron chi connectivity index (χ0n) is 12.9. The van der Waals surface area contributed by atoms with Crippen molar-refractivity contribution in [1.82, 2.24) is 9.13 Å². The summed E-state index contributed by atoms with van der Waals surface area (Å²) < 4.78 is 17.9. The van der Waals surface area contributed by atoms with Gasteiger partial charge in [-0.05, 0) is 18.5 Å². The van der Waals surface area contributed by atoms with E-state index in [0.717, 1.165) is 9.13 Å². The normalized spacial score (nSPS) is 13.1. The topological polar surface area (TPSA) is 78.1 Å². The van der Waals surface area contributed by atoms with E-state index in [1.54, 1.807) is 6.92 Å². The molecule has 0 atom stereocenters. The van der Waals surface area contributed by atoms with Crippen molar-refractivity contribution in [3.8, 4) is 0 Å². The van der Waals surface area contributed by atoms with Crippen molar-refractivity contribution < 1.29 is 2.74 Å². The van der Waals surface area contributed by atoms with E-state index in [4.69, 9.17) is 2.74 Å². The van der Waals surface area contributed by atoms with E-state index in [1.807, 2.05) is 0 Å². The van der Waals surface area contributed by atoms with E-state index in [0.29, 0.717) is 6.42 Å². The van der Waals surface area contributed by atoms with E-state index in [2.05, 4.69) is 0 Å². The summed E-state index contributed by atoms with van der Waals surface area (Å²) in [5.41, 5.74) is -2.82. The number of nitrogens with zero attached hydrogens (tertiary/aromatic N) is 2. The van der Waals surface area contributed by atoms with Gasteiger partial charge in [0.05, 0.1) is 24.3 Å². The van der Waals surface area contributed by atoms with E-state index >= 15 is 0 Å². The molecule has 1 aromatic carbocycles. The van der Waals surface area contributed by atoms with Gasteiger partial charge in [-0.15, -0.1) is 0 Å². The molecular formula is C14H12N2O4. The molecule has 0 N–H and O–H groups in total. The van der Waals surface area contributed by atoms with Gasteiger partial charge in [0.1, 0.15) is 0 Å². The van der Waals surface area contributed by atoms with Crippen molar-refractivity contribution in [3.05, 3.63) is 53.5 Å². The van der Waals surface area contributed by atoms with Gasteiger partial charge in [-0.1, -0.05) is 6.92 Å². The van der Waals surface area contributed by atoms with E-state index in [-0.39, 0.29) is 28.1 Å². The molecule has 0 saturated carbocycles. The Kier molecular flexibility index (Phi) is 2.06. The van der Waals surface area contributed by atoms with Crippen LogP contribution in [0, 0.1) is 0 Å². The molecule has 6 nitrogen and oxygen atoms in total. The summed E-state index contributed by atoms with van der Waals surface area (Å²) in [5.74, 6) is 0. The van der Waals surface area contributed by atoms with Crippen LogP contribution < -0.4 is 22.2 Å². The number of fused-ring (bicyclic) bond motifs is 2. The predicted octanol–water partition coefficient (Wildman–Crippen LogP) is -0.141. The van der Waals surface area contributed by atoms with Crippen molar-refractivity contribution in [2.45, 2.75) is 19.9 Å². The largest absolute Gasteiger partial charge is 0.277 e. The van der Waals surface area contributed by atoms with Crippen LogP contribution in [0.1, 0.15) is 16.1 Å². The minimum atomic E-state index is -0.726. The summed E-state index contributed by atoms with van der Waals surface area (Å²) >= 11 is 0. The lowest BCUT2D eigenvalue weighted by Gasteiger charge is -1.93. The molecular weight excluding hydrogens is 260 g/mol. The van der Waals surface area contributed by atoms with Crippen molar-refractivity contribution >= 4 is 21.5 Å². The third kappa shape index (κ3) is 1.39. The molecule has 0 amide bonds. The quantitative estimate of drug-likeness (QED) is 0.651. The van der Waals surface area contributed by atoms with Crippen LogP contribution in [-0.2, 0) is 13.6 Å². The summed E-state index contributed by atoms with van der Waals surface area (Å²) in [4.78, 5) is 48.8. The van der Waals surface area contributed by atoms with Gasteiger partial charge in [-0.25, -0.2) is 0 Å². The average Bonchev–Trinajstić information content (AvgIpc) is 2.86. The Bertz CT molecular complexity index is 1060. The van der Waals surface area contributed by atoms with Crippen molar-refractivity contribution in [2.75, 3.05) is 0 Å². The van der Waals surface area contributed by atoms with Crippen LogP contribution in [-0.4, -0.2) is 9.13 Å². The second-order valence-electron chi connectivity index (χ2n) is 4.68. The number of hydrogen-bond acceptors (Lipinski definition) is 4. The Morgan fingerprint density at radius 2 is 1.30 bits per heavy atom. The first kappa shape index (κ1) is 10.3. The third-order valence-electron chi connectivity index (χ3n) is 3.40. The molecule has 0 bridgehead atoms. The highest BCUT2D eigenvalue weighted by Crippen LogP contribution is 2.14. The van der Waals surface area contributed by atoms with Crippen LogP contribution in [0.3, 0.4) is 0 Å². The smallest absolute Gasteiger partial charge is 0.261 e. The first-order valence-corrected chi connectivity index (χ1v) is 6.18. The van der Waals surface area contributed by atoms with Crippen LogP contribution in [0.2, 0.25) is 0 Å². The molecule has 3 rings (SSSR count). The van der Waals surface area contributed by atoms with Crippen LogP contribution >= 0.6 is 0 Å². The molecule has 0 spiro atoms. The van der Waals surface area contributed by atoms with Crippen molar-refractivity contribution in [1.29, 1.82) is 0 Å². The highest BCUT2D eigenvalue weighted by Gasteiger charge is 2.17. The minimum absolute atomic E-state index is 0.164. The van der Waals surface area contributed by atoms with Gasteiger partial charge < -0.3 is 0 Å². The SMILES string of the molecule is [2H]c1c2c(=O)n(C)c(=O)c2c([2H])c2c(=O)n(CCC)c(=O)c12. The molecule has 6 heteroatoms. The first-order valence-electron chi connectivity index (χ1n) is 7.18. The molecule has 0 aliphatic carbocycles. The van der Waals surface area contributed by atoms with Gasteiger partial charge in [0.15, 0.2) is 0 Å². The van der Waals surface area contributed by atoms with Crippen molar-refractivity contribution in [2.24, 2.45) is 7.05 Å². The number of benzene rings is 1. The lowest BCUT2D eigenvalue weighted by atomic mass is 10.1. The molecule has 3 aromatic rings. The molecule has 102 valence electrons. The minimum Gasteiger partial charge on any atom is -0.277 e. The van der Waals surface area contributed by atoms with E-state index in [9.17, 15) is 19.2 Å². The first-order chi connectivity index (χ1) is 10.3. The fourth-order valence-corrected chi connectivity index (χ4v) is 2.36. The Morgan fingerprint density at radius 1 is 0.900 bits per heavy atom. The Hall–Kier alpha value is -2.50. The van der Waals surface area contributed by atoms with Crippen molar-refractivity contribution in [3.63, 3.8) is 0 Å². The maximum Gasteiger partial charge on any atom is 0.261 e. The van der Waals surface area contributed by atoms with Gasteiger partial charge in [-0.2, -0.15) is 0 Å². The zero-order valence-corrected chi connectivity index (χ0v) is 10.9. The average molecular weight is 274 g/mol. The molecule has 0 radical (unpaired) electrons. The monoisotopic (exact) mass is 274 g/mol. The molecule has 20 heavy (non-hydrogen) atoms. The molecule has 0 aliphatic rings. The summed E-state index contributed by atoms with van der Waals surface area (Å²) in [7, 11) is 1.24. The van der Waals surface area contributed by atoms with E-state index in [1.165, 1.54) is 7.05 Å². The lowest BCUT2D eigenvalue weighted by Crippen LogP contribution is -2.25. The molecule has 2 aromatic heterocycles. The maximum absolute atomic E-state index is 12.3. The van der Waals surface area contributed by atoms with Crippen LogP contribution in [0.4, 0.5) is 0 Å². The maximum atomic E-state index is 12.3.